The molecule has 0 saturated heterocycles. The van der Waals surface area contributed by atoms with Crippen molar-refractivity contribution in [3.8, 4) is 0 Å². The van der Waals surface area contributed by atoms with Gasteiger partial charge in [0.05, 0.1) is 0 Å². The summed E-state index contributed by atoms with van der Waals surface area (Å²) in [5, 5.41) is 3.25. The van der Waals surface area contributed by atoms with Crippen LogP contribution in [0.2, 0.25) is 0 Å². The molecule has 0 aliphatic heterocycles. The van der Waals surface area contributed by atoms with Crippen LogP contribution in [0.5, 0.6) is 0 Å². The second-order valence-electron chi connectivity index (χ2n) is 2.33. The first-order valence-electron chi connectivity index (χ1n) is 3.22. The molecule has 1 aromatic heterocycles. The summed E-state index contributed by atoms with van der Waals surface area (Å²) in [6.07, 6.45) is 0. The average Bonchev–Trinajstić information content (AvgIpc) is 2.36. The molecule has 1 aromatic carbocycles. The van der Waals surface area contributed by atoms with Gasteiger partial charge in [-0.2, -0.15) is 0 Å². The van der Waals surface area contributed by atoms with Crippen LogP contribution in [-0.2, 0) is 0 Å². The Morgan fingerprint density at radius 1 is 1.40 bits per heavy atom. The van der Waals surface area contributed by atoms with Crippen LogP contribution >= 0.6 is 11.3 Å². The minimum absolute atomic E-state index is 1.24. The number of fused-ring (bicyclic) bond motifs is 1. The molecule has 1 heterocycles. The van der Waals surface area contributed by atoms with E-state index in [0.29, 0.717) is 0 Å². The molecule has 0 spiro atoms. The molecule has 0 saturated carbocycles. The van der Waals surface area contributed by atoms with Gasteiger partial charge in [0.15, 0.2) is 0 Å². The molecule has 10 heavy (non-hydrogen) atoms. The van der Waals surface area contributed by atoms with Gasteiger partial charge in [-0.05, 0) is 17.9 Å². The fourth-order valence-corrected chi connectivity index (χ4v) is 1.89. The van der Waals surface area contributed by atoms with Gasteiger partial charge in [-0.3, -0.25) is 0 Å². The van der Waals surface area contributed by atoms with E-state index in [4.69, 9.17) is 0 Å². The normalized spacial score (nSPS) is 10.5. The third kappa shape index (κ3) is 0.745. The fraction of sp³-hybridized carbons (Fsp3) is 0.111. The molecule has 0 atom stereocenters. The Balaban J connectivity index is 2.95. The highest BCUT2D eigenvalue weighted by Gasteiger charge is 1.95. The lowest BCUT2D eigenvalue weighted by Crippen LogP contribution is -1.68. The molecule has 0 amide bonds. The maximum absolute atomic E-state index is 3.18. The minimum Gasteiger partial charge on any atom is -0.143 e. The summed E-state index contributed by atoms with van der Waals surface area (Å²) in [5.41, 5.74) is 1.35. The van der Waals surface area contributed by atoms with Gasteiger partial charge < -0.3 is 0 Å². The van der Waals surface area contributed by atoms with Crippen LogP contribution in [0.3, 0.4) is 0 Å². The number of rotatable bonds is 0. The van der Waals surface area contributed by atoms with Crippen LogP contribution in [0.25, 0.3) is 10.1 Å². The lowest BCUT2D eigenvalue weighted by Gasteiger charge is -1.91. The molecule has 1 heteroatoms. The van der Waals surface area contributed by atoms with Crippen LogP contribution in [0.1, 0.15) is 5.56 Å². The molecule has 0 aliphatic carbocycles. The van der Waals surface area contributed by atoms with E-state index >= 15 is 0 Å². The van der Waals surface area contributed by atoms with Crippen molar-refractivity contribution in [2.75, 3.05) is 0 Å². The Hall–Kier alpha value is -0.820. The summed E-state index contributed by atoms with van der Waals surface area (Å²) >= 11 is 1.76. The largest absolute Gasteiger partial charge is 0.143 e. The average molecular weight is 147 g/mol. The number of hydrogen-bond donors (Lipinski definition) is 0. The molecule has 0 nitrogen and oxygen atoms in total. The van der Waals surface area contributed by atoms with E-state index in [0.717, 1.165) is 0 Å². The van der Waals surface area contributed by atoms with Crippen LogP contribution in [0.15, 0.2) is 23.6 Å². The molecule has 49 valence electrons. The smallest absolute Gasteiger partial charge is 0.0378 e. The van der Waals surface area contributed by atoms with Crippen molar-refractivity contribution in [2.45, 2.75) is 6.92 Å². The van der Waals surface area contributed by atoms with Crippen LogP contribution in [0, 0.1) is 13.0 Å². The second-order valence-corrected chi connectivity index (χ2v) is 3.21. The Bertz CT molecular complexity index is 346. The Morgan fingerprint density at radius 2 is 2.30 bits per heavy atom. The van der Waals surface area contributed by atoms with Gasteiger partial charge in [0, 0.05) is 16.2 Å². The molecular weight excluding hydrogens is 140 g/mol. The first-order valence-corrected chi connectivity index (χ1v) is 4.10. The summed E-state index contributed by atoms with van der Waals surface area (Å²) in [5.74, 6) is 0. The summed E-state index contributed by atoms with van der Waals surface area (Å²) in [7, 11) is 0. The lowest BCUT2D eigenvalue weighted by molar-refractivity contribution is 1.56. The van der Waals surface area contributed by atoms with E-state index in [9.17, 15) is 0 Å². The van der Waals surface area contributed by atoms with Crippen molar-refractivity contribution in [3.05, 3.63) is 35.2 Å². The van der Waals surface area contributed by atoms with E-state index in [-0.39, 0.29) is 0 Å². The first-order chi connectivity index (χ1) is 4.88. The molecule has 0 N–H and O–H groups in total. The molecule has 2 aromatic rings. The molecule has 2 rings (SSSR count). The van der Waals surface area contributed by atoms with Gasteiger partial charge in [0.25, 0.3) is 0 Å². The highest BCUT2D eigenvalue weighted by Crippen LogP contribution is 2.22. The minimum atomic E-state index is 1.24. The standard InChI is InChI=1S/C9H7S/c1-7-3-2-4-8-5-6-10-9(7)8/h2-4,6H,1H3. The quantitative estimate of drug-likeness (QED) is 0.537. The van der Waals surface area contributed by atoms with E-state index in [2.05, 4.69) is 31.2 Å². The van der Waals surface area contributed by atoms with Crippen molar-refractivity contribution in [3.63, 3.8) is 0 Å². The highest BCUT2D eigenvalue weighted by molar-refractivity contribution is 7.17. The number of thiophene rings is 1. The monoisotopic (exact) mass is 147 g/mol. The Labute approximate surface area is 64.1 Å². The van der Waals surface area contributed by atoms with Crippen LogP contribution in [0.4, 0.5) is 0 Å². The summed E-state index contributed by atoms with van der Waals surface area (Å²) in [4.78, 5) is 0. The molecule has 1 radical (unpaired) electrons. The van der Waals surface area contributed by atoms with E-state index in [1.165, 1.54) is 15.6 Å². The second kappa shape index (κ2) is 2.10. The van der Waals surface area contributed by atoms with Crippen LogP contribution in [-0.4, -0.2) is 0 Å². The number of hydrogen-bond acceptors (Lipinski definition) is 1. The predicted octanol–water partition coefficient (Wildman–Crippen LogP) is 3.01. The van der Waals surface area contributed by atoms with E-state index in [1.807, 2.05) is 5.38 Å². The molecule has 0 unspecified atom stereocenters. The van der Waals surface area contributed by atoms with Gasteiger partial charge in [0.1, 0.15) is 0 Å². The van der Waals surface area contributed by atoms with Gasteiger partial charge >= 0.3 is 0 Å². The predicted molar refractivity (Wildman–Crippen MR) is 45.4 cm³/mol. The third-order valence-electron chi connectivity index (χ3n) is 1.60. The zero-order chi connectivity index (χ0) is 6.97. The van der Waals surface area contributed by atoms with E-state index in [1.54, 1.807) is 11.3 Å². The molecular formula is C9H7S. The summed E-state index contributed by atoms with van der Waals surface area (Å²) in [6.45, 7) is 2.13. The number of benzene rings is 1. The van der Waals surface area contributed by atoms with Crippen molar-refractivity contribution in [2.24, 2.45) is 0 Å². The molecule has 0 aliphatic rings. The lowest BCUT2D eigenvalue weighted by atomic mass is 10.2. The van der Waals surface area contributed by atoms with Gasteiger partial charge in [-0.25, -0.2) is 0 Å². The van der Waals surface area contributed by atoms with Crippen molar-refractivity contribution >= 4 is 21.4 Å². The Morgan fingerprint density at radius 3 is 3.10 bits per heavy atom. The van der Waals surface area contributed by atoms with Crippen molar-refractivity contribution in [1.82, 2.24) is 0 Å². The molecule has 0 fully saturated rings. The van der Waals surface area contributed by atoms with Gasteiger partial charge in [0.2, 0.25) is 0 Å². The zero-order valence-electron chi connectivity index (χ0n) is 5.72. The molecule has 0 bridgehead atoms. The zero-order valence-corrected chi connectivity index (χ0v) is 6.53. The summed E-state index contributed by atoms with van der Waals surface area (Å²) in [6, 6.07) is 9.48. The van der Waals surface area contributed by atoms with Gasteiger partial charge in [-0.1, -0.05) is 18.2 Å². The van der Waals surface area contributed by atoms with Gasteiger partial charge in [-0.15, -0.1) is 11.3 Å². The Kier molecular flexibility index (Phi) is 1.24. The third-order valence-corrected chi connectivity index (χ3v) is 2.62. The maximum atomic E-state index is 3.18. The van der Waals surface area contributed by atoms with Crippen LogP contribution < -0.4 is 0 Å². The van der Waals surface area contributed by atoms with Crippen molar-refractivity contribution in [1.29, 1.82) is 0 Å². The summed E-state index contributed by atoms with van der Waals surface area (Å²) < 4.78 is 1.36. The maximum Gasteiger partial charge on any atom is 0.0378 e. The first kappa shape index (κ1) is 5.93. The number of aryl methyl sites for hydroxylation is 1. The highest BCUT2D eigenvalue weighted by atomic mass is 32.1. The fourth-order valence-electron chi connectivity index (χ4n) is 1.07. The topological polar surface area (TPSA) is 0 Å². The van der Waals surface area contributed by atoms with E-state index < -0.39 is 0 Å². The SMILES string of the molecule is Cc1cccc2[c]csc12. The van der Waals surface area contributed by atoms with Crippen molar-refractivity contribution < 1.29 is 0 Å².